The van der Waals surface area contributed by atoms with E-state index in [1.807, 2.05) is 24.3 Å². The first-order valence-electron chi connectivity index (χ1n) is 5.83. The van der Waals surface area contributed by atoms with Crippen LogP contribution in [0.25, 0.3) is 0 Å². The van der Waals surface area contributed by atoms with Gasteiger partial charge < -0.3 is 5.73 Å². The van der Waals surface area contributed by atoms with E-state index >= 15 is 0 Å². The monoisotopic (exact) mass is 259 g/mol. The van der Waals surface area contributed by atoms with E-state index < -0.39 is 0 Å². The van der Waals surface area contributed by atoms with E-state index in [9.17, 15) is 0 Å². The van der Waals surface area contributed by atoms with Crippen molar-refractivity contribution in [1.29, 1.82) is 0 Å². The van der Waals surface area contributed by atoms with Gasteiger partial charge in [-0.1, -0.05) is 50.7 Å². The minimum absolute atomic E-state index is 0.0959. The highest BCUT2D eigenvalue weighted by atomic mass is 32.2. The van der Waals surface area contributed by atoms with Gasteiger partial charge in [-0.15, -0.1) is 0 Å². The molecule has 0 spiro atoms. The average molecular weight is 259 g/mol. The summed E-state index contributed by atoms with van der Waals surface area (Å²) in [5.41, 5.74) is 5.75. The summed E-state index contributed by atoms with van der Waals surface area (Å²) in [7, 11) is 0. The molecule has 18 heavy (non-hydrogen) atoms. The zero-order chi connectivity index (χ0) is 13.2. The molecule has 0 saturated carbocycles. The molecule has 0 atom stereocenters. The zero-order valence-corrected chi connectivity index (χ0v) is 11.7. The van der Waals surface area contributed by atoms with Crippen molar-refractivity contribution in [3.05, 3.63) is 42.2 Å². The summed E-state index contributed by atoms with van der Waals surface area (Å²) in [6, 6.07) is 11.9. The lowest BCUT2D eigenvalue weighted by atomic mass is 9.96. The summed E-state index contributed by atoms with van der Waals surface area (Å²) in [6.07, 6.45) is 0. The molecule has 0 fully saturated rings. The average Bonchev–Trinajstić information content (AvgIpc) is 2.28. The molecule has 1 aromatic heterocycles. The molecule has 0 radical (unpaired) electrons. The quantitative estimate of drug-likeness (QED) is 0.839. The van der Waals surface area contributed by atoms with E-state index in [4.69, 9.17) is 5.73 Å². The molecule has 0 aliphatic rings. The Morgan fingerprint density at radius 3 is 2.33 bits per heavy atom. The summed E-state index contributed by atoms with van der Waals surface area (Å²) in [6.45, 7) is 6.25. The van der Waals surface area contributed by atoms with Gasteiger partial charge in [0.1, 0.15) is 16.7 Å². The number of nitrogens with two attached hydrogens (primary N) is 1. The second-order valence-electron chi connectivity index (χ2n) is 5.12. The standard InChI is InChI=1S/C14H17N3S/c1-14(2,3)13-16-11(15)9-12(17-13)18-10-7-5-4-6-8-10/h4-9H,1-3H3,(H2,15,16,17). The smallest absolute Gasteiger partial charge is 0.137 e. The second kappa shape index (κ2) is 4.98. The van der Waals surface area contributed by atoms with Crippen LogP contribution in [0.4, 0.5) is 5.82 Å². The van der Waals surface area contributed by atoms with Crippen molar-refractivity contribution in [3.63, 3.8) is 0 Å². The molecule has 0 aliphatic heterocycles. The largest absolute Gasteiger partial charge is 0.384 e. The van der Waals surface area contributed by atoms with Crippen LogP contribution in [0.15, 0.2) is 46.3 Å². The molecule has 0 amide bonds. The third-order valence-electron chi connectivity index (χ3n) is 2.36. The second-order valence-corrected chi connectivity index (χ2v) is 6.21. The lowest BCUT2D eigenvalue weighted by molar-refractivity contribution is 0.540. The summed E-state index contributed by atoms with van der Waals surface area (Å²) < 4.78 is 0. The molecule has 94 valence electrons. The van der Waals surface area contributed by atoms with Crippen molar-refractivity contribution in [3.8, 4) is 0 Å². The van der Waals surface area contributed by atoms with Crippen LogP contribution in [-0.4, -0.2) is 9.97 Å². The van der Waals surface area contributed by atoms with Crippen LogP contribution in [0.5, 0.6) is 0 Å². The number of hydrogen-bond acceptors (Lipinski definition) is 4. The maximum Gasteiger partial charge on any atom is 0.137 e. The van der Waals surface area contributed by atoms with Gasteiger partial charge in [0.05, 0.1) is 0 Å². The highest BCUT2D eigenvalue weighted by Crippen LogP contribution is 2.28. The van der Waals surface area contributed by atoms with Gasteiger partial charge in [0.25, 0.3) is 0 Å². The summed E-state index contributed by atoms with van der Waals surface area (Å²) in [5.74, 6) is 1.30. The molecule has 0 unspecified atom stereocenters. The minimum atomic E-state index is -0.0959. The van der Waals surface area contributed by atoms with Crippen molar-refractivity contribution >= 4 is 17.6 Å². The normalized spacial score (nSPS) is 11.5. The Labute approximate surface area is 112 Å². The van der Waals surface area contributed by atoms with Crippen LogP contribution in [-0.2, 0) is 5.41 Å². The molecule has 2 N–H and O–H groups in total. The maximum absolute atomic E-state index is 5.85. The van der Waals surface area contributed by atoms with E-state index in [1.165, 1.54) is 0 Å². The van der Waals surface area contributed by atoms with Gasteiger partial charge in [0, 0.05) is 16.4 Å². The zero-order valence-electron chi connectivity index (χ0n) is 10.8. The first kappa shape index (κ1) is 12.9. The molecule has 0 bridgehead atoms. The maximum atomic E-state index is 5.85. The van der Waals surface area contributed by atoms with Gasteiger partial charge >= 0.3 is 0 Å². The number of hydrogen-bond donors (Lipinski definition) is 1. The number of benzene rings is 1. The molecule has 2 rings (SSSR count). The Balaban J connectivity index is 2.32. The van der Waals surface area contributed by atoms with Gasteiger partial charge in [-0.05, 0) is 12.1 Å². The van der Waals surface area contributed by atoms with Crippen LogP contribution in [0.3, 0.4) is 0 Å². The Morgan fingerprint density at radius 1 is 1.06 bits per heavy atom. The predicted molar refractivity (Wildman–Crippen MR) is 75.7 cm³/mol. The third kappa shape index (κ3) is 3.23. The summed E-state index contributed by atoms with van der Waals surface area (Å²) in [4.78, 5) is 10.0. The molecule has 2 aromatic rings. The van der Waals surface area contributed by atoms with Crippen LogP contribution < -0.4 is 5.73 Å². The fourth-order valence-electron chi connectivity index (χ4n) is 1.44. The van der Waals surface area contributed by atoms with E-state index in [-0.39, 0.29) is 5.41 Å². The van der Waals surface area contributed by atoms with Crippen molar-refractivity contribution in [2.75, 3.05) is 5.73 Å². The summed E-state index contributed by atoms with van der Waals surface area (Å²) in [5, 5.41) is 0.888. The van der Waals surface area contributed by atoms with E-state index in [0.29, 0.717) is 5.82 Å². The van der Waals surface area contributed by atoms with Gasteiger partial charge in [0.2, 0.25) is 0 Å². The predicted octanol–water partition coefficient (Wildman–Crippen LogP) is 3.51. The van der Waals surface area contributed by atoms with Crippen LogP contribution in [0.2, 0.25) is 0 Å². The topological polar surface area (TPSA) is 51.8 Å². The van der Waals surface area contributed by atoms with Gasteiger partial charge in [-0.2, -0.15) is 0 Å². The lowest BCUT2D eigenvalue weighted by Gasteiger charge is -2.17. The van der Waals surface area contributed by atoms with Gasteiger partial charge in [-0.25, -0.2) is 9.97 Å². The number of anilines is 1. The van der Waals surface area contributed by atoms with Crippen LogP contribution in [0, 0.1) is 0 Å². The number of nitrogens with zero attached hydrogens (tertiary/aromatic N) is 2. The number of nitrogen functional groups attached to an aromatic ring is 1. The SMILES string of the molecule is CC(C)(C)c1nc(N)cc(Sc2ccccc2)n1. The number of rotatable bonds is 2. The van der Waals surface area contributed by atoms with Crippen LogP contribution in [0.1, 0.15) is 26.6 Å². The molecule has 4 heteroatoms. The Bertz CT molecular complexity index is 532. The molecular weight excluding hydrogens is 242 g/mol. The minimum Gasteiger partial charge on any atom is -0.384 e. The van der Waals surface area contributed by atoms with Gasteiger partial charge in [-0.3, -0.25) is 0 Å². The van der Waals surface area contributed by atoms with Crippen LogP contribution >= 0.6 is 11.8 Å². The highest BCUT2D eigenvalue weighted by Gasteiger charge is 2.18. The molecule has 0 saturated heterocycles. The molecule has 3 nitrogen and oxygen atoms in total. The van der Waals surface area contributed by atoms with Crippen molar-refractivity contribution in [1.82, 2.24) is 9.97 Å². The molecule has 0 aliphatic carbocycles. The van der Waals surface area contributed by atoms with E-state index in [2.05, 4.69) is 42.9 Å². The molecule has 1 heterocycles. The van der Waals surface area contributed by atoms with E-state index in [0.717, 1.165) is 15.7 Å². The number of aromatic nitrogens is 2. The summed E-state index contributed by atoms with van der Waals surface area (Å²) >= 11 is 1.60. The highest BCUT2D eigenvalue weighted by molar-refractivity contribution is 7.99. The third-order valence-corrected chi connectivity index (χ3v) is 3.29. The Hall–Kier alpha value is -1.55. The van der Waals surface area contributed by atoms with E-state index in [1.54, 1.807) is 11.8 Å². The molecular formula is C14H17N3S. The van der Waals surface area contributed by atoms with Crippen molar-refractivity contribution in [2.45, 2.75) is 36.1 Å². The first-order chi connectivity index (χ1) is 8.45. The lowest BCUT2D eigenvalue weighted by Crippen LogP contribution is -2.17. The van der Waals surface area contributed by atoms with Gasteiger partial charge in [0.15, 0.2) is 0 Å². The fraction of sp³-hybridized carbons (Fsp3) is 0.286. The van der Waals surface area contributed by atoms with Crippen molar-refractivity contribution in [2.24, 2.45) is 0 Å². The Morgan fingerprint density at radius 2 is 1.72 bits per heavy atom. The fourth-order valence-corrected chi connectivity index (χ4v) is 2.29. The molecule has 1 aromatic carbocycles. The van der Waals surface area contributed by atoms with Crippen molar-refractivity contribution < 1.29 is 0 Å². The first-order valence-corrected chi connectivity index (χ1v) is 6.65. The Kier molecular flexibility index (Phi) is 3.57.